The standard InChI is InChI=1S/C14H8N7O6/c22-18(23)9-3-1-8(2-4-9)13-7-15-21-16-14-11(17(13)21)5-10(19(24)25)6-12(14)20(26)27/h1-7H,(H,15,16)/q+1. The van der Waals surface area contributed by atoms with Gasteiger partial charge in [-0.3, -0.25) is 30.3 Å². The summed E-state index contributed by atoms with van der Waals surface area (Å²) in [6.45, 7) is 0. The topological polar surface area (TPSA) is 167 Å². The molecular weight excluding hydrogens is 362 g/mol. The van der Waals surface area contributed by atoms with E-state index in [0.717, 1.165) is 6.07 Å². The van der Waals surface area contributed by atoms with E-state index < -0.39 is 26.1 Å². The first kappa shape index (κ1) is 16.1. The lowest BCUT2D eigenvalue weighted by atomic mass is 10.1. The van der Waals surface area contributed by atoms with E-state index in [1.807, 2.05) is 0 Å². The summed E-state index contributed by atoms with van der Waals surface area (Å²) in [5.41, 5.74) is 0.188. The third-order valence-electron chi connectivity index (χ3n) is 4.01. The van der Waals surface area contributed by atoms with Crippen molar-refractivity contribution < 1.29 is 19.3 Å². The van der Waals surface area contributed by atoms with Gasteiger partial charge in [-0.25, -0.2) is 0 Å². The highest BCUT2D eigenvalue weighted by molar-refractivity contribution is 5.84. The Labute approximate surface area is 147 Å². The SMILES string of the molecule is O=[N+]([O-])c1ccc(-c2cnn3[nH]c4c([N+](=O)[O-])cc([N+](=O)[O-])cc4[n+]23)cc1. The number of H-pyrrole nitrogens is 1. The summed E-state index contributed by atoms with van der Waals surface area (Å²) in [6, 6.07) is 7.65. The lowest BCUT2D eigenvalue weighted by molar-refractivity contribution is -0.587. The van der Waals surface area contributed by atoms with Crippen LogP contribution in [0.5, 0.6) is 0 Å². The van der Waals surface area contributed by atoms with Crippen molar-refractivity contribution >= 4 is 28.1 Å². The minimum atomic E-state index is -0.725. The Hall–Kier alpha value is -4.42. The first-order valence-corrected chi connectivity index (χ1v) is 7.36. The van der Waals surface area contributed by atoms with Crippen LogP contribution in [-0.2, 0) is 0 Å². The van der Waals surface area contributed by atoms with Crippen molar-refractivity contribution in [1.82, 2.24) is 14.9 Å². The third-order valence-corrected chi connectivity index (χ3v) is 4.01. The number of nitro groups is 3. The Bertz CT molecular complexity index is 1260. The van der Waals surface area contributed by atoms with Gasteiger partial charge in [0.25, 0.3) is 11.4 Å². The van der Waals surface area contributed by atoms with Gasteiger partial charge in [0.2, 0.25) is 5.52 Å². The Morgan fingerprint density at radius 3 is 2.19 bits per heavy atom. The average Bonchev–Trinajstić information content (AvgIpc) is 3.20. The number of benzene rings is 2. The van der Waals surface area contributed by atoms with E-state index in [-0.39, 0.29) is 16.7 Å². The summed E-state index contributed by atoms with van der Waals surface area (Å²) in [4.78, 5) is 31.3. The minimum Gasteiger partial charge on any atom is -0.258 e. The molecule has 0 radical (unpaired) electrons. The molecule has 2 heterocycles. The molecule has 0 saturated carbocycles. The summed E-state index contributed by atoms with van der Waals surface area (Å²) in [6.07, 6.45) is 1.43. The van der Waals surface area contributed by atoms with E-state index in [4.69, 9.17) is 0 Å². The van der Waals surface area contributed by atoms with Gasteiger partial charge in [0.1, 0.15) is 0 Å². The Morgan fingerprint density at radius 1 is 0.926 bits per heavy atom. The van der Waals surface area contributed by atoms with Crippen molar-refractivity contribution in [2.24, 2.45) is 0 Å². The molecule has 2 aromatic heterocycles. The van der Waals surface area contributed by atoms with E-state index in [9.17, 15) is 30.3 Å². The van der Waals surface area contributed by atoms with Crippen molar-refractivity contribution in [3.8, 4) is 11.3 Å². The fourth-order valence-electron chi connectivity index (χ4n) is 2.81. The lowest BCUT2D eigenvalue weighted by Crippen LogP contribution is -2.28. The lowest BCUT2D eigenvalue weighted by Gasteiger charge is -1.97. The largest absolute Gasteiger partial charge is 0.320 e. The maximum atomic E-state index is 11.3. The summed E-state index contributed by atoms with van der Waals surface area (Å²) >= 11 is 0. The maximum Gasteiger partial charge on any atom is 0.320 e. The van der Waals surface area contributed by atoms with Gasteiger partial charge in [0, 0.05) is 22.8 Å². The monoisotopic (exact) mass is 370 g/mol. The number of non-ortho nitro benzene ring substituents is 3. The van der Waals surface area contributed by atoms with Crippen LogP contribution < -0.4 is 4.52 Å². The zero-order valence-electron chi connectivity index (χ0n) is 13.2. The average molecular weight is 370 g/mol. The van der Waals surface area contributed by atoms with Gasteiger partial charge < -0.3 is 0 Å². The number of fused-ring (bicyclic) bond motifs is 3. The molecule has 2 aromatic carbocycles. The second-order valence-electron chi connectivity index (χ2n) is 5.52. The number of aromatic nitrogens is 4. The zero-order chi connectivity index (χ0) is 19.3. The van der Waals surface area contributed by atoms with E-state index in [2.05, 4.69) is 10.2 Å². The quantitative estimate of drug-likeness (QED) is 0.324. The summed E-state index contributed by atoms with van der Waals surface area (Å²) in [5.74, 6) is 0. The highest BCUT2D eigenvalue weighted by atomic mass is 16.6. The smallest absolute Gasteiger partial charge is 0.258 e. The zero-order valence-corrected chi connectivity index (χ0v) is 13.2. The molecule has 0 aliphatic rings. The number of aromatic amines is 1. The fraction of sp³-hybridized carbons (Fsp3) is 0. The van der Waals surface area contributed by atoms with Crippen LogP contribution in [0.2, 0.25) is 0 Å². The number of hydrogen-bond acceptors (Lipinski definition) is 7. The van der Waals surface area contributed by atoms with Gasteiger partial charge in [-0.15, -0.1) is 4.52 Å². The molecule has 0 amide bonds. The van der Waals surface area contributed by atoms with Crippen molar-refractivity contribution in [1.29, 1.82) is 0 Å². The number of nitro benzene ring substituents is 3. The Balaban J connectivity index is 2.02. The van der Waals surface area contributed by atoms with Crippen LogP contribution in [0.1, 0.15) is 0 Å². The summed E-state index contributed by atoms with van der Waals surface area (Å²) < 4.78 is 2.61. The number of nitrogens with zero attached hydrogens (tertiary/aromatic N) is 6. The molecule has 0 aliphatic carbocycles. The maximum absolute atomic E-state index is 11.3. The van der Waals surface area contributed by atoms with Crippen LogP contribution in [0.15, 0.2) is 42.6 Å². The molecule has 1 N–H and O–H groups in total. The molecular formula is C14H8N7O6+. The predicted octanol–water partition coefficient (Wildman–Crippen LogP) is 1.79. The normalized spacial score (nSPS) is 11.1. The molecule has 0 atom stereocenters. The summed E-state index contributed by atoms with van der Waals surface area (Å²) in [7, 11) is 0. The van der Waals surface area contributed by atoms with Crippen molar-refractivity contribution in [3.63, 3.8) is 0 Å². The highest BCUT2D eigenvalue weighted by Crippen LogP contribution is 2.29. The van der Waals surface area contributed by atoms with Crippen LogP contribution in [0.25, 0.3) is 22.3 Å². The van der Waals surface area contributed by atoms with Crippen molar-refractivity contribution in [3.05, 3.63) is 72.9 Å². The summed E-state index contributed by atoms with van der Waals surface area (Å²) in [5, 5.41) is 40.0. The molecule has 4 rings (SSSR count). The molecule has 27 heavy (non-hydrogen) atoms. The van der Waals surface area contributed by atoms with Crippen LogP contribution in [0.3, 0.4) is 0 Å². The number of nitrogens with one attached hydrogen (secondary N) is 1. The van der Waals surface area contributed by atoms with Crippen LogP contribution >= 0.6 is 0 Å². The van der Waals surface area contributed by atoms with Gasteiger partial charge in [-0.05, 0) is 12.1 Å². The fourth-order valence-corrected chi connectivity index (χ4v) is 2.81. The predicted molar refractivity (Wildman–Crippen MR) is 88.1 cm³/mol. The Kier molecular flexibility index (Phi) is 3.30. The van der Waals surface area contributed by atoms with Crippen LogP contribution in [-0.4, -0.2) is 29.7 Å². The molecule has 0 aliphatic heterocycles. The van der Waals surface area contributed by atoms with Crippen molar-refractivity contribution in [2.45, 2.75) is 0 Å². The van der Waals surface area contributed by atoms with Gasteiger partial charge in [-0.2, -0.15) is 5.10 Å². The number of rotatable bonds is 4. The van der Waals surface area contributed by atoms with E-state index in [0.29, 0.717) is 11.3 Å². The van der Waals surface area contributed by atoms with Crippen molar-refractivity contribution in [2.75, 3.05) is 0 Å². The first-order valence-electron chi connectivity index (χ1n) is 7.36. The molecule has 134 valence electrons. The van der Waals surface area contributed by atoms with E-state index in [1.165, 1.54) is 45.8 Å². The van der Waals surface area contributed by atoms with Gasteiger partial charge in [0.05, 0.1) is 31.6 Å². The third kappa shape index (κ3) is 2.41. The molecule has 13 heteroatoms. The first-order chi connectivity index (χ1) is 12.9. The Morgan fingerprint density at radius 2 is 1.59 bits per heavy atom. The molecule has 0 spiro atoms. The van der Waals surface area contributed by atoms with Crippen LogP contribution in [0.4, 0.5) is 17.1 Å². The van der Waals surface area contributed by atoms with Gasteiger partial charge in [-0.1, -0.05) is 0 Å². The van der Waals surface area contributed by atoms with Crippen LogP contribution in [0, 0.1) is 30.3 Å². The minimum absolute atomic E-state index is 0.0573. The van der Waals surface area contributed by atoms with E-state index in [1.54, 1.807) is 0 Å². The molecule has 4 aromatic rings. The highest BCUT2D eigenvalue weighted by Gasteiger charge is 2.29. The van der Waals surface area contributed by atoms with Gasteiger partial charge >= 0.3 is 5.69 Å². The molecule has 13 nitrogen and oxygen atoms in total. The molecule has 0 bridgehead atoms. The molecule has 0 unspecified atom stereocenters. The second-order valence-corrected chi connectivity index (χ2v) is 5.52. The second kappa shape index (κ2) is 5.55. The van der Waals surface area contributed by atoms with E-state index >= 15 is 0 Å². The number of hydrogen-bond donors (Lipinski definition) is 1. The molecule has 0 fully saturated rings. The molecule has 0 saturated heterocycles. The van der Waals surface area contributed by atoms with Gasteiger partial charge in [0.15, 0.2) is 17.4 Å².